The van der Waals surface area contributed by atoms with Crippen molar-refractivity contribution < 1.29 is 0 Å². The van der Waals surface area contributed by atoms with Crippen LogP contribution in [0.2, 0.25) is 0 Å². The minimum absolute atomic E-state index is 0.936. The summed E-state index contributed by atoms with van der Waals surface area (Å²) in [6, 6.07) is 4.11. The predicted molar refractivity (Wildman–Crippen MR) is 106 cm³/mol. The second kappa shape index (κ2) is 7.35. The molecule has 0 atom stereocenters. The van der Waals surface area contributed by atoms with Gasteiger partial charge in [0.2, 0.25) is 0 Å². The van der Waals surface area contributed by atoms with Crippen molar-refractivity contribution in [3.63, 3.8) is 0 Å². The van der Waals surface area contributed by atoms with Crippen LogP contribution in [0.15, 0.2) is 34.4 Å². The van der Waals surface area contributed by atoms with Crippen molar-refractivity contribution in [1.29, 1.82) is 0 Å². The number of anilines is 1. The van der Waals surface area contributed by atoms with Crippen molar-refractivity contribution >= 4 is 44.0 Å². The van der Waals surface area contributed by atoms with E-state index in [0.717, 1.165) is 59.7 Å². The Morgan fingerprint density at radius 2 is 2.12 bits per heavy atom. The van der Waals surface area contributed by atoms with Crippen LogP contribution < -0.4 is 4.90 Å². The molecule has 0 spiro atoms. The third-order valence-corrected chi connectivity index (χ3v) is 5.76. The maximum Gasteiger partial charge on any atom is 0.112 e. The molecule has 0 bridgehead atoms. The smallest absolute Gasteiger partial charge is 0.112 e. The van der Waals surface area contributed by atoms with Gasteiger partial charge in [0.15, 0.2) is 0 Å². The van der Waals surface area contributed by atoms with Crippen molar-refractivity contribution in [1.82, 2.24) is 19.9 Å². The van der Waals surface area contributed by atoms with Gasteiger partial charge in [-0.3, -0.25) is 14.9 Å². The van der Waals surface area contributed by atoms with Gasteiger partial charge in [-0.2, -0.15) is 0 Å². The van der Waals surface area contributed by atoms with E-state index in [4.69, 9.17) is 0 Å². The van der Waals surface area contributed by atoms with Gasteiger partial charge in [-0.1, -0.05) is 0 Å². The topological polar surface area (TPSA) is 45.2 Å². The summed E-state index contributed by atoms with van der Waals surface area (Å²) in [5.41, 5.74) is 4.29. The number of nitrogens with zero attached hydrogens (tertiary/aromatic N) is 5. The van der Waals surface area contributed by atoms with Gasteiger partial charge >= 0.3 is 0 Å². The van der Waals surface area contributed by atoms with Crippen LogP contribution in [0.4, 0.5) is 5.69 Å². The molecule has 0 radical (unpaired) electrons. The third kappa shape index (κ3) is 3.83. The number of aryl methyl sites for hydroxylation is 1. The number of aromatic nitrogens is 3. The molecule has 25 heavy (non-hydrogen) atoms. The lowest BCUT2D eigenvalue weighted by molar-refractivity contribution is 0.282. The molecule has 3 aromatic rings. The van der Waals surface area contributed by atoms with E-state index in [9.17, 15) is 0 Å². The van der Waals surface area contributed by atoms with Gasteiger partial charge in [-0.25, -0.2) is 4.98 Å². The molecule has 0 aromatic carbocycles. The molecule has 0 saturated carbocycles. The largest absolute Gasteiger partial charge is 0.368 e. The Hall–Kier alpha value is -1.57. The monoisotopic (exact) mass is 417 g/mol. The number of pyridine rings is 2. The van der Waals surface area contributed by atoms with E-state index in [1.807, 2.05) is 18.5 Å². The number of hydrogen-bond donors (Lipinski definition) is 0. The minimum atomic E-state index is 0.936. The molecule has 0 amide bonds. The highest BCUT2D eigenvalue weighted by molar-refractivity contribution is 9.10. The van der Waals surface area contributed by atoms with Crippen LogP contribution in [-0.2, 0) is 6.54 Å². The zero-order valence-electron chi connectivity index (χ0n) is 14.2. The molecule has 4 rings (SSSR count). The molecule has 7 heteroatoms. The second-order valence-electron chi connectivity index (χ2n) is 6.33. The first kappa shape index (κ1) is 16.9. The Bertz CT molecular complexity index is 881. The Kier molecular flexibility index (Phi) is 4.96. The maximum atomic E-state index is 4.60. The van der Waals surface area contributed by atoms with Gasteiger partial charge in [0.25, 0.3) is 0 Å². The zero-order valence-corrected chi connectivity index (χ0v) is 16.6. The standard InChI is InChI=1S/C18H20BrN5S/c1-13-22-15(12-25-13)11-23-5-2-6-24(8-7-23)17-3-4-20-16-9-14(19)10-21-18(16)17/h3-4,9-10,12H,2,5-8,11H2,1H3. The van der Waals surface area contributed by atoms with Crippen molar-refractivity contribution in [2.75, 3.05) is 31.1 Å². The maximum absolute atomic E-state index is 4.60. The Morgan fingerprint density at radius 1 is 1.20 bits per heavy atom. The first-order valence-electron chi connectivity index (χ1n) is 8.47. The van der Waals surface area contributed by atoms with E-state index < -0.39 is 0 Å². The molecule has 1 fully saturated rings. The van der Waals surface area contributed by atoms with Crippen LogP contribution in [0.5, 0.6) is 0 Å². The number of fused-ring (bicyclic) bond motifs is 1. The molecule has 1 aliphatic heterocycles. The normalized spacial score (nSPS) is 16.3. The van der Waals surface area contributed by atoms with Crippen molar-refractivity contribution in [2.24, 2.45) is 0 Å². The number of rotatable bonds is 3. The predicted octanol–water partition coefficient (Wildman–Crippen LogP) is 3.87. The molecule has 0 unspecified atom stereocenters. The summed E-state index contributed by atoms with van der Waals surface area (Å²) in [6.07, 6.45) is 4.87. The highest BCUT2D eigenvalue weighted by atomic mass is 79.9. The van der Waals surface area contributed by atoms with Crippen LogP contribution in [0.1, 0.15) is 17.1 Å². The fourth-order valence-corrected chi connectivity index (χ4v) is 4.25. The Labute approximate surface area is 159 Å². The van der Waals surface area contributed by atoms with Crippen LogP contribution in [0.3, 0.4) is 0 Å². The lowest BCUT2D eigenvalue weighted by Crippen LogP contribution is -2.30. The second-order valence-corrected chi connectivity index (χ2v) is 8.30. The fraction of sp³-hybridized carbons (Fsp3) is 0.389. The summed E-state index contributed by atoms with van der Waals surface area (Å²) < 4.78 is 0.963. The summed E-state index contributed by atoms with van der Waals surface area (Å²) >= 11 is 5.21. The molecule has 1 saturated heterocycles. The van der Waals surface area contributed by atoms with E-state index in [2.05, 4.69) is 59.1 Å². The number of hydrogen-bond acceptors (Lipinski definition) is 6. The van der Waals surface area contributed by atoms with E-state index in [1.165, 1.54) is 11.4 Å². The third-order valence-electron chi connectivity index (χ3n) is 4.50. The summed E-state index contributed by atoms with van der Waals surface area (Å²) in [7, 11) is 0. The molecule has 130 valence electrons. The highest BCUT2D eigenvalue weighted by Gasteiger charge is 2.18. The van der Waals surface area contributed by atoms with Crippen molar-refractivity contribution in [3.05, 3.63) is 45.1 Å². The van der Waals surface area contributed by atoms with Gasteiger partial charge < -0.3 is 4.90 Å². The van der Waals surface area contributed by atoms with Crippen LogP contribution in [0.25, 0.3) is 11.0 Å². The average molecular weight is 418 g/mol. The quantitative estimate of drug-likeness (QED) is 0.646. The SMILES string of the molecule is Cc1nc(CN2CCCN(c3ccnc4cc(Br)cnc34)CC2)cs1. The van der Waals surface area contributed by atoms with Gasteiger partial charge in [-0.15, -0.1) is 11.3 Å². The summed E-state index contributed by atoms with van der Waals surface area (Å²) in [5.74, 6) is 0. The van der Waals surface area contributed by atoms with E-state index >= 15 is 0 Å². The first-order chi connectivity index (χ1) is 12.2. The van der Waals surface area contributed by atoms with Crippen LogP contribution in [0, 0.1) is 6.92 Å². The Balaban J connectivity index is 1.51. The summed E-state index contributed by atoms with van der Waals surface area (Å²) in [6.45, 7) is 7.20. The number of halogens is 1. The highest BCUT2D eigenvalue weighted by Crippen LogP contribution is 2.26. The Morgan fingerprint density at radius 3 is 2.96 bits per heavy atom. The molecule has 5 nitrogen and oxygen atoms in total. The number of thiazole rings is 1. The average Bonchev–Trinajstić information content (AvgIpc) is 2.87. The van der Waals surface area contributed by atoms with Crippen molar-refractivity contribution in [2.45, 2.75) is 19.9 Å². The summed E-state index contributed by atoms with van der Waals surface area (Å²) in [5, 5.41) is 3.32. The lowest BCUT2D eigenvalue weighted by Gasteiger charge is -2.24. The van der Waals surface area contributed by atoms with Gasteiger partial charge in [0.05, 0.1) is 21.9 Å². The fourth-order valence-electron chi connectivity index (χ4n) is 3.33. The van der Waals surface area contributed by atoms with Gasteiger partial charge in [0.1, 0.15) is 5.52 Å². The molecular weight excluding hydrogens is 398 g/mol. The minimum Gasteiger partial charge on any atom is -0.368 e. The lowest BCUT2D eigenvalue weighted by atomic mass is 10.2. The molecule has 0 aliphatic carbocycles. The van der Waals surface area contributed by atoms with E-state index in [-0.39, 0.29) is 0 Å². The molecule has 4 heterocycles. The molecule has 0 N–H and O–H groups in total. The summed E-state index contributed by atoms with van der Waals surface area (Å²) in [4.78, 5) is 18.6. The van der Waals surface area contributed by atoms with Crippen molar-refractivity contribution in [3.8, 4) is 0 Å². The van der Waals surface area contributed by atoms with Crippen LogP contribution in [-0.4, -0.2) is 46.0 Å². The molecule has 3 aromatic heterocycles. The van der Waals surface area contributed by atoms with Crippen LogP contribution >= 0.6 is 27.3 Å². The van der Waals surface area contributed by atoms with E-state index in [1.54, 1.807) is 11.3 Å². The molecular formula is C18H20BrN5S. The van der Waals surface area contributed by atoms with E-state index in [0.29, 0.717) is 0 Å². The molecule has 1 aliphatic rings. The first-order valence-corrected chi connectivity index (χ1v) is 10.1. The zero-order chi connectivity index (χ0) is 17.2. The van der Waals surface area contributed by atoms with Gasteiger partial charge in [0, 0.05) is 55.0 Å². The van der Waals surface area contributed by atoms with Gasteiger partial charge in [-0.05, 0) is 41.4 Å².